The van der Waals surface area contributed by atoms with Crippen LogP contribution in [-0.4, -0.2) is 36.3 Å². The number of nitrogens with one attached hydrogen (secondary N) is 1. The largest absolute Gasteiger partial charge is 0.346 e. The van der Waals surface area contributed by atoms with Crippen LogP contribution in [0.3, 0.4) is 0 Å². The summed E-state index contributed by atoms with van der Waals surface area (Å²) in [7, 11) is 1.63. The lowest BCUT2D eigenvalue weighted by atomic mass is 10.1. The van der Waals surface area contributed by atoms with Crippen LogP contribution in [0, 0.1) is 11.7 Å². The maximum Gasteiger partial charge on any atom is 0.242 e. The lowest BCUT2D eigenvalue weighted by Crippen LogP contribution is -2.47. The Labute approximate surface area is 136 Å². The van der Waals surface area contributed by atoms with E-state index in [0.717, 1.165) is 5.56 Å². The van der Waals surface area contributed by atoms with Crippen molar-refractivity contribution in [2.45, 2.75) is 26.4 Å². The monoisotopic (exact) mass is 331 g/mol. The summed E-state index contributed by atoms with van der Waals surface area (Å²) < 4.78 is 12.8. The second kappa shape index (κ2) is 9.38. The minimum Gasteiger partial charge on any atom is -0.346 e. The molecule has 1 atom stereocenters. The number of likely N-dealkylation sites (N-methyl/N-ethyl adjacent to an activating group) is 1. The van der Waals surface area contributed by atoms with Crippen molar-refractivity contribution in [2.75, 3.05) is 13.6 Å². The van der Waals surface area contributed by atoms with Crippen LogP contribution in [0.15, 0.2) is 24.3 Å². The van der Waals surface area contributed by atoms with E-state index in [0.29, 0.717) is 6.54 Å². The molecule has 0 radical (unpaired) electrons. The smallest absolute Gasteiger partial charge is 0.242 e. The highest BCUT2D eigenvalue weighted by atomic mass is 35.5. The second-order valence-electron chi connectivity index (χ2n) is 5.36. The number of hydrogen-bond acceptors (Lipinski definition) is 3. The lowest BCUT2D eigenvalue weighted by molar-refractivity contribution is -0.132. The van der Waals surface area contributed by atoms with E-state index in [9.17, 15) is 14.0 Å². The molecule has 3 N–H and O–H groups in total. The van der Waals surface area contributed by atoms with E-state index in [4.69, 9.17) is 5.73 Å². The Morgan fingerprint density at radius 2 is 1.82 bits per heavy atom. The molecule has 0 saturated carbocycles. The molecule has 0 aliphatic heterocycles. The van der Waals surface area contributed by atoms with Crippen molar-refractivity contribution in [3.8, 4) is 0 Å². The normalized spacial score (nSPS) is 11.5. The highest BCUT2D eigenvalue weighted by Crippen LogP contribution is 2.05. The molecule has 0 aromatic heterocycles. The van der Waals surface area contributed by atoms with Gasteiger partial charge in [0, 0.05) is 13.6 Å². The van der Waals surface area contributed by atoms with Crippen LogP contribution >= 0.6 is 12.4 Å². The highest BCUT2D eigenvalue weighted by Gasteiger charge is 2.18. The first-order chi connectivity index (χ1) is 9.81. The molecule has 7 heteroatoms. The van der Waals surface area contributed by atoms with Crippen LogP contribution < -0.4 is 11.1 Å². The number of hydrogen-bond donors (Lipinski definition) is 2. The third-order valence-corrected chi connectivity index (χ3v) is 3.19. The first-order valence-corrected chi connectivity index (χ1v) is 6.83. The van der Waals surface area contributed by atoms with E-state index in [1.165, 1.54) is 17.0 Å². The average molecular weight is 332 g/mol. The van der Waals surface area contributed by atoms with Gasteiger partial charge in [0.1, 0.15) is 5.82 Å². The molecule has 0 heterocycles. The minimum atomic E-state index is -0.625. The van der Waals surface area contributed by atoms with E-state index in [2.05, 4.69) is 5.32 Å². The lowest BCUT2D eigenvalue weighted by Gasteiger charge is -2.19. The van der Waals surface area contributed by atoms with E-state index in [1.807, 2.05) is 13.8 Å². The van der Waals surface area contributed by atoms with Crippen molar-refractivity contribution in [3.63, 3.8) is 0 Å². The Hall–Kier alpha value is -1.66. The summed E-state index contributed by atoms with van der Waals surface area (Å²) in [4.78, 5) is 25.0. The zero-order chi connectivity index (χ0) is 16.0. The molecule has 0 saturated heterocycles. The molecule has 5 nitrogen and oxygen atoms in total. The number of benzene rings is 1. The van der Waals surface area contributed by atoms with Crippen LogP contribution in [-0.2, 0) is 16.1 Å². The molecule has 1 rings (SSSR count). The van der Waals surface area contributed by atoms with Gasteiger partial charge in [0.15, 0.2) is 0 Å². The molecule has 0 aliphatic rings. The van der Waals surface area contributed by atoms with E-state index in [1.54, 1.807) is 19.2 Å². The predicted molar refractivity (Wildman–Crippen MR) is 85.9 cm³/mol. The third kappa shape index (κ3) is 6.41. The fourth-order valence-corrected chi connectivity index (χ4v) is 1.67. The Morgan fingerprint density at radius 3 is 2.32 bits per heavy atom. The molecule has 0 aliphatic carbocycles. The summed E-state index contributed by atoms with van der Waals surface area (Å²) in [6, 6.07) is 5.30. The second-order valence-corrected chi connectivity index (χ2v) is 5.36. The topological polar surface area (TPSA) is 75.4 Å². The number of nitrogens with zero attached hydrogens (tertiary/aromatic N) is 1. The molecular weight excluding hydrogens is 309 g/mol. The van der Waals surface area contributed by atoms with Crippen LogP contribution in [0.25, 0.3) is 0 Å². The Morgan fingerprint density at radius 1 is 1.27 bits per heavy atom. The average Bonchev–Trinajstić information content (AvgIpc) is 2.45. The molecule has 1 aromatic carbocycles. The van der Waals surface area contributed by atoms with Crippen molar-refractivity contribution in [1.29, 1.82) is 0 Å². The molecular formula is C15H23ClFN3O2. The van der Waals surface area contributed by atoms with Gasteiger partial charge in [-0.25, -0.2) is 4.39 Å². The number of amides is 2. The summed E-state index contributed by atoms with van der Waals surface area (Å²) in [6.45, 7) is 3.93. The van der Waals surface area contributed by atoms with Crippen molar-refractivity contribution in [3.05, 3.63) is 35.6 Å². The van der Waals surface area contributed by atoms with Crippen LogP contribution in [0.2, 0.25) is 0 Å². The zero-order valence-electron chi connectivity index (χ0n) is 13.0. The van der Waals surface area contributed by atoms with Gasteiger partial charge in [-0.15, -0.1) is 12.4 Å². The van der Waals surface area contributed by atoms with Crippen LogP contribution in [0.1, 0.15) is 19.4 Å². The number of nitrogens with two attached hydrogens (primary N) is 1. The number of rotatable bonds is 6. The van der Waals surface area contributed by atoms with Crippen molar-refractivity contribution in [1.82, 2.24) is 10.2 Å². The quantitative estimate of drug-likeness (QED) is 0.825. The maximum atomic E-state index is 12.8. The van der Waals surface area contributed by atoms with E-state index in [-0.39, 0.29) is 42.5 Å². The van der Waals surface area contributed by atoms with Gasteiger partial charge in [0.25, 0.3) is 0 Å². The standard InChI is InChI=1S/C15H22FN3O2.ClH/c1-10(2)14(17)15(21)18-8-13(20)19(3)9-11-4-6-12(16)7-5-11;/h4-7,10,14H,8-9,17H2,1-3H3,(H,18,21);1H/t14-;/m0./s1. The molecule has 2 amide bonds. The molecule has 124 valence electrons. The van der Waals surface area contributed by atoms with Gasteiger partial charge < -0.3 is 16.0 Å². The Bertz CT molecular complexity index is 494. The van der Waals surface area contributed by atoms with Crippen molar-refractivity contribution >= 4 is 24.2 Å². The van der Waals surface area contributed by atoms with E-state index < -0.39 is 6.04 Å². The van der Waals surface area contributed by atoms with Crippen LogP contribution in [0.5, 0.6) is 0 Å². The van der Waals surface area contributed by atoms with Gasteiger partial charge >= 0.3 is 0 Å². The van der Waals surface area contributed by atoms with Gasteiger partial charge in [-0.3, -0.25) is 9.59 Å². The summed E-state index contributed by atoms with van der Waals surface area (Å²) in [5, 5.41) is 2.52. The SMILES string of the molecule is CC(C)[C@H](N)C(=O)NCC(=O)N(C)Cc1ccc(F)cc1.Cl. The molecule has 0 fully saturated rings. The van der Waals surface area contributed by atoms with Gasteiger partial charge in [-0.1, -0.05) is 26.0 Å². The number of carbonyl (C=O) groups is 2. The number of carbonyl (C=O) groups excluding carboxylic acids is 2. The first kappa shape index (κ1) is 20.3. The van der Waals surface area contributed by atoms with Crippen molar-refractivity contribution < 1.29 is 14.0 Å². The van der Waals surface area contributed by atoms with Crippen molar-refractivity contribution in [2.24, 2.45) is 11.7 Å². The van der Waals surface area contributed by atoms with Gasteiger partial charge in [-0.05, 0) is 23.6 Å². The summed E-state index contributed by atoms with van der Waals surface area (Å²) in [5.74, 6) is -0.878. The third-order valence-electron chi connectivity index (χ3n) is 3.19. The predicted octanol–water partition coefficient (Wildman–Crippen LogP) is 1.31. The maximum absolute atomic E-state index is 12.8. The Kier molecular flexibility index (Phi) is 8.67. The fraction of sp³-hybridized carbons (Fsp3) is 0.467. The summed E-state index contributed by atoms with van der Waals surface area (Å²) >= 11 is 0. The molecule has 22 heavy (non-hydrogen) atoms. The first-order valence-electron chi connectivity index (χ1n) is 6.83. The van der Waals surface area contributed by atoms with Crippen LogP contribution in [0.4, 0.5) is 4.39 Å². The fourth-order valence-electron chi connectivity index (χ4n) is 1.67. The Balaban J connectivity index is 0.00000441. The van der Waals surface area contributed by atoms with Gasteiger partial charge in [-0.2, -0.15) is 0 Å². The highest BCUT2D eigenvalue weighted by molar-refractivity contribution is 5.87. The molecule has 0 unspecified atom stereocenters. The van der Waals surface area contributed by atoms with Gasteiger partial charge in [0.2, 0.25) is 11.8 Å². The van der Waals surface area contributed by atoms with E-state index >= 15 is 0 Å². The minimum absolute atomic E-state index is 0. The molecule has 0 spiro atoms. The summed E-state index contributed by atoms with van der Waals surface area (Å²) in [6.07, 6.45) is 0. The molecule has 1 aromatic rings. The number of halogens is 2. The molecule has 0 bridgehead atoms. The zero-order valence-corrected chi connectivity index (χ0v) is 13.8. The summed E-state index contributed by atoms with van der Waals surface area (Å²) in [5.41, 5.74) is 6.50. The van der Waals surface area contributed by atoms with Gasteiger partial charge in [0.05, 0.1) is 12.6 Å².